The summed E-state index contributed by atoms with van der Waals surface area (Å²) < 4.78 is 0. The van der Waals surface area contributed by atoms with Gasteiger partial charge in [-0.25, -0.2) is 9.97 Å². The largest absolute Gasteiger partial charge is 0.353 e. The number of carbonyl (C=O) groups is 1. The number of aromatic nitrogens is 2. The van der Waals surface area contributed by atoms with Crippen LogP contribution in [0.25, 0.3) is 0 Å². The van der Waals surface area contributed by atoms with E-state index in [-0.39, 0.29) is 5.56 Å². The third kappa shape index (κ3) is 5.71. The van der Waals surface area contributed by atoms with Gasteiger partial charge >= 0.3 is 0 Å². The molecule has 0 bridgehead atoms. The Morgan fingerprint density at radius 2 is 1.51 bits per heavy atom. The summed E-state index contributed by atoms with van der Waals surface area (Å²) in [6, 6.07) is 11.4. The van der Waals surface area contributed by atoms with Crippen LogP contribution in [0.1, 0.15) is 45.5 Å². The van der Waals surface area contributed by atoms with Crippen molar-refractivity contribution in [2.75, 3.05) is 31.1 Å². The molecule has 1 amide bonds. The summed E-state index contributed by atoms with van der Waals surface area (Å²) in [5.74, 6) is 1.06. The lowest BCUT2D eigenvalue weighted by Gasteiger charge is -2.36. The highest BCUT2D eigenvalue weighted by Crippen LogP contribution is 2.28. The topological polar surface area (TPSA) is 136 Å². The van der Waals surface area contributed by atoms with E-state index in [1.54, 1.807) is 4.90 Å². The Labute approximate surface area is 214 Å². The number of nitro benzene ring substituents is 2. The van der Waals surface area contributed by atoms with E-state index in [0.29, 0.717) is 38.4 Å². The molecule has 1 aliphatic heterocycles. The average molecular weight is 505 g/mol. The minimum absolute atomic E-state index is 0.0689. The molecule has 2 aromatic carbocycles. The first-order valence-corrected chi connectivity index (χ1v) is 12.1. The molecule has 4 rings (SSSR count). The number of nitro groups is 2. The highest BCUT2D eigenvalue weighted by Gasteiger charge is 2.28. The number of benzene rings is 2. The van der Waals surface area contributed by atoms with E-state index in [2.05, 4.69) is 41.1 Å². The number of carbonyl (C=O) groups excluding carboxylic acids is 1. The number of piperazine rings is 1. The molecular formula is C26H28N6O5. The minimum atomic E-state index is -0.736. The number of nitrogens with zero attached hydrogens (tertiary/aromatic N) is 6. The van der Waals surface area contributed by atoms with Gasteiger partial charge in [0.2, 0.25) is 0 Å². The summed E-state index contributed by atoms with van der Waals surface area (Å²) in [7, 11) is 0. The van der Waals surface area contributed by atoms with Crippen LogP contribution in [0.3, 0.4) is 0 Å². The highest BCUT2D eigenvalue weighted by molar-refractivity contribution is 5.95. The molecule has 0 unspecified atom stereocenters. The zero-order valence-corrected chi connectivity index (χ0v) is 21.0. The van der Waals surface area contributed by atoms with Gasteiger partial charge in [0.25, 0.3) is 17.3 Å². The third-order valence-corrected chi connectivity index (χ3v) is 6.46. The van der Waals surface area contributed by atoms with Gasteiger partial charge in [0, 0.05) is 56.0 Å². The molecule has 11 heteroatoms. The van der Waals surface area contributed by atoms with Gasteiger partial charge in [-0.2, -0.15) is 0 Å². The molecule has 0 atom stereocenters. The van der Waals surface area contributed by atoms with Crippen molar-refractivity contribution >= 4 is 23.1 Å². The summed E-state index contributed by atoms with van der Waals surface area (Å²) in [6.45, 7) is 7.70. The molecule has 1 saturated heterocycles. The molecule has 0 saturated carbocycles. The number of non-ortho nitro benzene ring substituents is 2. The Balaban J connectivity index is 1.56. The zero-order chi connectivity index (χ0) is 26.7. The fourth-order valence-electron chi connectivity index (χ4n) is 4.52. The summed E-state index contributed by atoms with van der Waals surface area (Å²) >= 11 is 0. The fraction of sp³-hybridized carbons (Fsp3) is 0.346. The second kappa shape index (κ2) is 10.7. The molecule has 0 N–H and O–H groups in total. The predicted octanol–water partition coefficient (Wildman–Crippen LogP) is 4.03. The van der Waals surface area contributed by atoms with Crippen molar-refractivity contribution in [2.45, 2.75) is 33.6 Å². The van der Waals surface area contributed by atoms with Gasteiger partial charge in [0.05, 0.1) is 21.5 Å². The van der Waals surface area contributed by atoms with Crippen LogP contribution in [-0.2, 0) is 12.8 Å². The van der Waals surface area contributed by atoms with Crippen LogP contribution in [0.4, 0.5) is 17.2 Å². The number of hydrogen-bond donors (Lipinski definition) is 0. The highest BCUT2D eigenvalue weighted by atomic mass is 16.6. The van der Waals surface area contributed by atoms with Gasteiger partial charge in [-0.1, -0.05) is 36.8 Å². The monoisotopic (exact) mass is 504 g/mol. The van der Waals surface area contributed by atoms with Crippen LogP contribution in [0.5, 0.6) is 0 Å². The van der Waals surface area contributed by atoms with Gasteiger partial charge in [0.15, 0.2) is 0 Å². The predicted molar refractivity (Wildman–Crippen MR) is 138 cm³/mol. The maximum Gasteiger partial charge on any atom is 0.277 e. The fourth-order valence-corrected chi connectivity index (χ4v) is 4.52. The second-order valence-electron chi connectivity index (χ2n) is 9.07. The quantitative estimate of drug-likeness (QED) is 0.348. The smallest absolute Gasteiger partial charge is 0.277 e. The van der Waals surface area contributed by atoms with Crippen LogP contribution in [0.15, 0.2) is 42.5 Å². The van der Waals surface area contributed by atoms with Crippen molar-refractivity contribution in [3.8, 4) is 0 Å². The number of hydrogen-bond acceptors (Lipinski definition) is 8. The van der Waals surface area contributed by atoms with E-state index < -0.39 is 27.1 Å². The molecule has 2 heterocycles. The van der Waals surface area contributed by atoms with E-state index in [1.807, 2.05) is 13.8 Å². The van der Waals surface area contributed by atoms with Gasteiger partial charge in [-0.05, 0) is 25.8 Å². The van der Waals surface area contributed by atoms with Crippen LogP contribution < -0.4 is 4.90 Å². The van der Waals surface area contributed by atoms with Gasteiger partial charge < -0.3 is 9.80 Å². The average Bonchev–Trinajstić information content (AvgIpc) is 2.89. The lowest BCUT2D eigenvalue weighted by atomic mass is 10.0. The molecule has 0 aliphatic carbocycles. The van der Waals surface area contributed by atoms with Crippen molar-refractivity contribution in [3.63, 3.8) is 0 Å². The van der Waals surface area contributed by atoms with E-state index >= 15 is 0 Å². The molecule has 3 aromatic rings. The normalized spacial score (nSPS) is 13.5. The molecule has 11 nitrogen and oxygen atoms in total. The van der Waals surface area contributed by atoms with E-state index in [9.17, 15) is 25.0 Å². The molecule has 0 radical (unpaired) electrons. The minimum Gasteiger partial charge on any atom is -0.353 e. The number of anilines is 1. The van der Waals surface area contributed by atoms with Gasteiger partial charge in [-0.3, -0.25) is 25.0 Å². The van der Waals surface area contributed by atoms with Crippen molar-refractivity contribution in [3.05, 3.63) is 96.5 Å². The van der Waals surface area contributed by atoms with Crippen molar-refractivity contribution < 1.29 is 14.6 Å². The first-order valence-electron chi connectivity index (χ1n) is 12.1. The number of rotatable bonds is 7. The van der Waals surface area contributed by atoms with Crippen LogP contribution in [0, 0.1) is 34.1 Å². The lowest BCUT2D eigenvalue weighted by Crippen LogP contribution is -2.49. The van der Waals surface area contributed by atoms with E-state index in [0.717, 1.165) is 47.3 Å². The Morgan fingerprint density at radius 3 is 2.05 bits per heavy atom. The second-order valence-corrected chi connectivity index (χ2v) is 9.07. The van der Waals surface area contributed by atoms with Crippen LogP contribution >= 0.6 is 0 Å². The molecule has 1 fully saturated rings. The Bertz CT molecular complexity index is 1320. The molecule has 192 valence electrons. The Hall–Kier alpha value is -4.41. The summed E-state index contributed by atoms with van der Waals surface area (Å²) in [5.41, 5.74) is 3.36. The standard InChI is InChI=1S/C26H28N6O5/c1-4-24-23(13-19-7-5-17(2)6-8-19)25(28-18(3)27-24)29-9-11-30(12-10-29)26(33)20-14-21(31(34)35)16-22(15-20)32(36)37/h5-8,14-16H,4,9-13H2,1-3H3. The van der Waals surface area contributed by atoms with Gasteiger partial charge in [-0.15, -0.1) is 0 Å². The summed E-state index contributed by atoms with van der Waals surface area (Å²) in [4.78, 5) is 47.2. The van der Waals surface area contributed by atoms with Crippen molar-refractivity contribution in [1.29, 1.82) is 0 Å². The van der Waals surface area contributed by atoms with Crippen molar-refractivity contribution in [1.82, 2.24) is 14.9 Å². The summed E-state index contributed by atoms with van der Waals surface area (Å²) in [6.07, 6.45) is 1.46. The van der Waals surface area contributed by atoms with Crippen LogP contribution in [-0.4, -0.2) is 56.8 Å². The van der Waals surface area contributed by atoms with Crippen LogP contribution in [0.2, 0.25) is 0 Å². The lowest BCUT2D eigenvalue weighted by molar-refractivity contribution is -0.394. The molecule has 1 aromatic heterocycles. The maximum atomic E-state index is 13.1. The van der Waals surface area contributed by atoms with Gasteiger partial charge in [0.1, 0.15) is 11.6 Å². The molecular weight excluding hydrogens is 476 g/mol. The Kier molecular flexibility index (Phi) is 7.42. The first kappa shape index (κ1) is 25.7. The van der Waals surface area contributed by atoms with E-state index in [4.69, 9.17) is 4.98 Å². The number of amides is 1. The van der Waals surface area contributed by atoms with E-state index in [1.165, 1.54) is 5.56 Å². The molecule has 0 spiro atoms. The summed E-state index contributed by atoms with van der Waals surface area (Å²) in [5, 5.41) is 22.5. The maximum absolute atomic E-state index is 13.1. The number of aryl methyl sites for hydroxylation is 3. The SMILES string of the molecule is CCc1nc(C)nc(N2CCN(C(=O)c3cc([N+](=O)[O-])cc([N+](=O)[O-])c3)CC2)c1Cc1ccc(C)cc1. The molecule has 1 aliphatic rings. The zero-order valence-electron chi connectivity index (χ0n) is 21.0. The van der Waals surface area contributed by atoms with Crippen molar-refractivity contribution in [2.24, 2.45) is 0 Å². The molecule has 37 heavy (non-hydrogen) atoms. The Morgan fingerprint density at radius 1 is 0.919 bits per heavy atom. The first-order chi connectivity index (χ1) is 17.7. The third-order valence-electron chi connectivity index (χ3n) is 6.46.